The minimum atomic E-state index is -0.535. The van der Waals surface area contributed by atoms with Crippen LogP contribution in [0.5, 0.6) is 0 Å². The van der Waals surface area contributed by atoms with E-state index in [1.54, 1.807) is 24.3 Å². The number of carbonyl (C=O) groups excluding carboxylic acids is 3. The Kier molecular flexibility index (Phi) is 8.04. The lowest BCUT2D eigenvalue weighted by Gasteiger charge is -2.19. The van der Waals surface area contributed by atoms with Crippen molar-refractivity contribution in [2.24, 2.45) is 0 Å². The van der Waals surface area contributed by atoms with Gasteiger partial charge in [0.1, 0.15) is 11.7 Å². The molecule has 1 saturated heterocycles. The zero-order valence-corrected chi connectivity index (χ0v) is 20.2. The number of alkyl carbamates (subject to hydrolysis) is 1. The SMILES string of the molecule is CC(C)(C)OC(=O)NCCNc1ccc(N2CC(CNC(=O)c3ccc(Cl)s3)OC2=O)cc1. The number of carbonyl (C=O) groups is 3. The van der Waals surface area contributed by atoms with E-state index >= 15 is 0 Å². The predicted molar refractivity (Wildman–Crippen MR) is 128 cm³/mol. The number of ether oxygens (including phenoxy) is 2. The molecule has 1 aliphatic rings. The second kappa shape index (κ2) is 10.8. The maximum Gasteiger partial charge on any atom is 0.414 e. The van der Waals surface area contributed by atoms with Crippen molar-refractivity contribution in [1.29, 1.82) is 0 Å². The molecular weight excluding hydrogens is 468 g/mol. The van der Waals surface area contributed by atoms with Gasteiger partial charge in [-0.1, -0.05) is 11.6 Å². The summed E-state index contributed by atoms with van der Waals surface area (Å²) in [5, 5.41) is 8.63. The average Bonchev–Trinajstić information content (AvgIpc) is 3.34. The molecule has 11 heteroatoms. The van der Waals surface area contributed by atoms with Crippen LogP contribution in [0.3, 0.4) is 0 Å². The highest BCUT2D eigenvalue weighted by atomic mass is 35.5. The summed E-state index contributed by atoms with van der Waals surface area (Å²) in [6.45, 7) is 6.88. The van der Waals surface area contributed by atoms with Crippen molar-refractivity contribution in [3.05, 3.63) is 45.6 Å². The molecule has 0 spiro atoms. The lowest BCUT2D eigenvalue weighted by molar-refractivity contribution is 0.0529. The molecule has 3 N–H and O–H groups in total. The molecule has 9 nitrogen and oxygen atoms in total. The highest BCUT2D eigenvalue weighted by Gasteiger charge is 2.32. The largest absolute Gasteiger partial charge is 0.444 e. The van der Waals surface area contributed by atoms with Gasteiger partial charge in [0.05, 0.1) is 22.3 Å². The van der Waals surface area contributed by atoms with Gasteiger partial charge in [-0.3, -0.25) is 9.69 Å². The molecule has 0 bridgehead atoms. The lowest BCUT2D eigenvalue weighted by atomic mass is 10.2. The molecule has 3 amide bonds. The van der Waals surface area contributed by atoms with E-state index < -0.39 is 23.9 Å². The highest BCUT2D eigenvalue weighted by Crippen LogP contribution is 2.24. The Balaban J connectivity index is 1.42. The smallest absolute Gasteiger partial charge is 0.414 e. The van der Waals surface area contributed by atoms with E-state index in [0.717, 1.165) is 5.69 Å². The van der Waals surface area contributed by atoms with Crippen molar-refractivity contribution in [2.45, 2.75) is 32.5 Å². The number of amides is 3. The summed E-state index contributed by atoms with van der Waals surface area (Å²) < 4.78 is 11.1. The third-order valence-electron chi connectivity index (χ3n) is 4.46. The van der Waals surface area contributed by atoms with Crippen LogP contribution in [-0.2, 0) is 9.47 Å². The number of hydrogen-bond donors (Lipinski definition) is 3. The van der Waals surface area contributed by atoms with Crippen LogP contribution in [0.2, 0.25) is 4.34 Å². The van der Waals surface area contributed by atoms with Crippen LogP contribution in [-0.4, -0.2) is 56.0 Å². The maximum absolute atomic E-state index is 12.3. The third kappa shape index (κ3) is 7.54. The first-order valence-electron chi connectivity index (χ1n) is 10.4. The molecule has 1 aliphatic heterocycles. The lowest BCUT2D eigenvalue weighted by Crippen LogP contribution is -2.35. The van der Waals surface area contributed by atoms with Gasteiger partial charge in [-0.2, -0.15) is 0 Å². The van der Waals surface area contributed by atoms with Crippen molar-refractivity contribution < 1.29 is 23.9 Å². The topological polar surface area (TPSA) is 109 Å². The first-order valence-corrected chi connectivity index (χ1v) is 11.6. The first-order chi connectivity index (χ1) is 15.6. The van der Waals surface area contributed by atoms with E-state index in [0.29, 0.717) is 34.5 Å². The van der Waals surface area contributed by atoms with Gasteiger partial charge in [0.25, 0.3) is 5.91 Å². The highest BCUT2D eigenvalue weighted by molar-refractivity contribution is 7.18. The van der Waals surface area contributed by atoms with Crippen molar-refractivity contribution in [1.82, 2.24) is 10.6 Å². The summed E-state index contributed by atoms with van der Waals surface area (Å²) in [5.41, 5.74) is 1.000. The van der Waals surface area contributed by atoms with Crippen molar-refractivity contribution in [2.75, 3.05) is 36.4 Å². The molecule has 0 radical (unpaired) electrons. The number of hydrogen-bond acceptors (Lipinski definition) is 7. The minimum Gasteiger partial charge on any atom is -0.444 e. The fourth-order valence-corrected chi connectivity index (χ4v) is 3.97. The van der Waals surface area contributed by atoms with Crippen molar-refractivity contribution >= 4 is 52.4 Å². The van der Waals surface area contributed by atoms with Gasteiger partial charge in [0.15, 0.2) is 0 Å². The van der Waals surface area contributed by atoms with Gasteiger partial charge in [-0.15, -0.1) is 11.3 Å². The normalized spacial score (nSPS) is 15.7. The zero-order chi connectivity index (χ0) is 24.0. The van der Waals surface area contributed by atoms with Gasteiger partial charge < -0.3 is 25.4 Å². The second-order valence-electron chi connectivity index (χ2n) is 8.33. The number of anilines is 2. The molecule has 1 aromatic carbocycles. The van der Waals surface area contributed by atoms with E-state index in [9.17, 15) is 14.4 Å². The number of rotatable bonds is 8. The molecule has 1 unspecified atom stereocenters. The number of nitrogens with one attached hydrogen (secondary N) is 3. The minimum absolute atomic E-state index is 0.209. The van der Waals surface area contributed by atoms with Crippen LogP contribution < -0.4 is 20.9 Å². The molecule has 178 valence electrons. The van der Waals surface area contributed by atoms with Crippen LogP contribution in [0.4, 0.5) is 21.0 Å². The van der Waals surface area contributed by atoms with Crippen LogP contribution >= 0.6 is 22.9 Å². The molecule has 2 heterocycles. The van der Waals surface area contributed by atoms with E-state index in [4.69, 9.17) is 21.1 Å². The Morgan fingerprint density at radius 1 is 1.15 bits per heavy atom. The van der Waals surface area contributed by atoms with Gasteiger partial charge in [-0.05, 0) is 57.2 Å². The summed E-state index contributed by atoms with van der Waals surface area (Å²) >= 11 is 7.04. The van der Waals surface area contributed by atoms with Crippen molar-refractivity contribution in [3.8, 4) is 0 Å². The van der Waals surface area contributed by atoms with Crippen molar-refractivity contribution in [3.63, 3.8) is 0 Å². The number of nitrogens with zero attached hydrogens (tertiary/aromatic N) is 1. The Hall–Kier alpha value is -2.98. The fraction of sp³-hybridized carbons (Fsp3) is 0.409. The number of halogens is 1. The predicted octanol–water partition coefficient (Wildman–Crippen LogP) is 4.09. The number of cyclic esters (lactones) is 1. The second-order valence-corrected chi connectivity index (χ2v) is 10.0. The van der Waals surface area contributed by atoms with E-state index in [1.165, 1.54) is 16.2 Å². The molecule has 1 aromatic heterocycles. The Bertz CT molecular complexity index is 989. The van der Waals surface area contributed by atoms with Crippen LogP contribution in [0.15, 0.2) is 36.4 Å². The molecule has 0 aliphatic carbocycles. The molecule has 33 heavy (non-hydrogen) atoms. The summed E-state index contributed by atoms with van der Waals surface area (Å²) in [6, 6.07) is 10.6. The molecule has 2 aromatic rings. The summed E-state index contributed by atoms with van der Waals surface area (Å²) in [7, 11) is 0. The van der Waals surface area contributed by atoms with Crippen LogP contribution in [0, 0.1) is 0 Å². The van der Waals surface area contributed by atoms with E-state index in [-0.39, 0.29) is 12.5 Å². The molecule has 1 fully saturated rings. The van der Waals surface area contributed by atoms with E-state index in [2.05, 4.69) is 16.0 Å². The summed E-state index contributed by atoms with van der Waals surface area (Å²) in [5.74, 6) is -0.252. The quantitative estimate of drug-likeness (QED) is 0.477. The fourth-order valence-electron chi connectivity index (χ4n) is 3.01. The molecule has 1 atom stereocenters. The van der Waals surface area contributed by atoms with Crippen LogP contribution in [0.25, 0.3) is 0 Å². The summed E-state index contributed by atoms with van der Waals surface area (Å²) in [4.78, 5) is 38.1. The van der Waals surface area contributed by atoms with Gasteiger partial charge in [-0.25, -0.2) is 9.59 Å². The van der Waals surface area contributed by atoms with Crippen LogP contribution in [0.1, 0.15) is 30.4 Å². The Labute approximate surface area is 201 Å². The molecular formula is C22H27ClN4O5S. The number of thiophene rings is 1. The third-order valence-corrected chi connectivity index (χ3v) is 5.69. The average molecular weight is 495 g/mol. The monoisotopic (exact) mass is 494 g/mol. The molecule has 3 rings (SSSR count). The Morgan fingerprint density at radius 3 is 2.52 bits per heavy atom. The van der Waals surface area contributed by atoms with E-state index in [1.807, 2.05) is 32.9 Å². The molecule has 0 saturated carbocycles. The van der Waals surface area contributed by atoms with Gasteiger partial charge >= 0.3 is 12.2 Å². The maximum atomic E-state index is 12.3. The Morgan fingerprint density at radius 2 is 1.88 bits per heavy atom. The van der Waals surface area contributed by atoms with Gasteiger partial charge in [0, 0.05) is 24.5 Å². The summed E-state index contributed by atoms with van der Waals surface area (Å²) in [6.07, 6.45) is -1.37. The standard InChI is InChI=1S/C22H27ClN4O5S/c1-22(2,3)32-20(29)25-11-10-24-14-4-6-15(7-5-14)27-13-16(31-21(27)30)12-26-19(28)17-8-9-18(23)33-17/h4-9,16,24H,10-13H2,1-3H3,(H,25,29)(H,26,28). The number of benzene rings is 1. The zero-order valence-electron chi connectivity index (χ0n) is 18.6. The van der Waals surface area contributed by atoms with Gasteiger partial charge in [0.2, 0.25) is 0 Å². The first kappa shape index (κ1) is 24.7.